The summed E-state index contributed by atoms with van der Waals surface area (Å²) in [6.45, 7) is 3.57. The second-order valence-electron chi connectivity index (χ2n) is 4.67. The van der Waals surface area contributed by atoms with Gasteiger partial charge in [-0.15, -0.1) is 0 Å². The van der Waals surface area contributed by atoms with Crippen LogP contribution in [-0.2, 0) is 11.3 Å². The van der Waals surface area contributed by atoms with E-state index in [9.17, 15) is 9.59 Å². The highest BCUT2D eigenvalue weighted by molar-refractivity contribution is 5.74. The first-order chi connectivity index (χ1) is 9.65. The van der Waals surface area contributed by atoms with Gasteiger partial charge in [0.05, 0.1) is 13.0 Å². The van der Waals surface area contributed by atoms with Crippen LogP contribution in [0.2, 0.25) is 0 Å². The van der Waals surface area contributed by atoms with Crippen molar-refractivity contribution in [3.63, 3.8) is 0 Å². The van der Waals surface area contributed by atoms with E-state index in [-0.39, 0.29) is 12.5 Å². The molecule has 0 saturated carbocycles. The van der Waals surface area contributed by atoms with Gasteiger partial charge in [0.2, 0.25) is 0 Å². The largest absolute Gasteiger partial charge is 0.481 e. The Labute approximate surface area is 116 Å². The van der Waals surface area contributed by atoms with Crippen molar-refractivity contribution in [2.24, 2.45) is 0 Å². The number of hydrogen-bond acceptors (Lipinski definition) is 4. The van der Waals surface area contributed by atoms with E-state index in [4.69, 9.17) is 5.11 Å². The minimum absolute atomic E-state index is 0.112. The van der Waals surface area contributed by atoms with Gasteiger partial charge < -0.3 is 20.3 Å². The van der Waals surface area contributed by atoms with Crippen LogP contribution in [-0.4, -0.2) is 69.6 Å². The summed E-state index contributed by atoms with van der Waals surface area (Å²) in [5, 5.41) is 11.4. The highest BCUT2D eigenvalue weighted by atomic mass is 16.4. The SMILES string of the molecule is O=C(O)CCN1CCN(C(=O)NCc2ncc[nH]2)CC1. The Morgan fingerprint density at radius 1 is 1.35 bits per heavy atom. The van der Waals surface area contributed by atoms with Gasteiger partial charge in [0.25, 0.3) is 0 Å². The molecular weight excluding hydrogens is 262 g/mol. The van der Waals surface area contributed by atoms with Gasteiger partial charge in [-0.2, -0.15) is 0 Å². The normalized spacial score (nSPS) is 16.1. The Kier molecular flexibility index (Phi) is 4.94. The second-order valence-corrected chi connectivity index (χ2v) is 4.67. The van der Waals surface area contributed by atoms with Crippen LogP contribution >= 0.6 is 0 Å². The molecule has 2 heterocycles. The Bertz CT molecular complexity index is 440. The lowest BCUT2D eigenvalue weighted by molar-refractivity contribution is -0.137. The van der Waals surface area contributed by atoms with Crippen molar-refractivity contribution in [1.82, 2.24) is 25.1 Å². The number of carbonyl (C=O) groups is 2. The van der Waals surface area contributed by atoms with E-state index in [1.54, 1.807) is 17.3 Å². The van der Waals surface area contributed by atoms with E-state index >= 15 is 0 Å². The summed E-state index contributed by atoms with van der Waals surface area (Å²) in [6.07, 6.45) is 3.50. The van der Waals surface area contributed by atoms with Crippen LogP contribution in [0.5, 0.6) is 0 Å². The number of rotatable bonds is 5. The molecule has 2 amide bonds. The number of nitrogens with zero attached hydrogens (tertiary/aromatic N) is 3. The molecule has 0 aliphatic carbocycles. The number of aromatic nitrogens is 2. The highest BCUT2D eigenvalue weighted by Gasteiger charge is 2.21. The highest BCUT2D eigenvalue weighted by Crippen LogP contribution is 2.03. The number of piperazine rings is 1. The van der Waals surface area contributed by atoms with E-state index in [0.717, 1.165) is 5.82 Å². The summed E-state index contributed by atoms with van der Waals surface area (Å²) >= 11 is 0. The number of nitrogens with one attached hydrogen (secondary N) is 2. The maximum atomic E-state index is 11.9. The van der Waals surface area contributed by atoms with Gasteiger partial charge in [-0.25, -0.2) is 9.78 Å². The predicted molar refractivity (Wildman–Crippen MR) is 71.1 cm³/mol. The zero-order valence-electron chi connectivity index (χ0n) is 11.2. The molecule has 2 rings (SSSR count). The van der Waals surface area contributed by atoms with Gasteiger partial charge in [0, 0.05) is 45.1 Å². The number of carbonyl (C=O) groups excluding carboxylic acids is 1. The molecule has 3 N–H and O–H groups in total. The summed E-state index contributed by atoms with van der Waals surface area (Å²) in [4.78, 5) is 33.2. The summed E-state index contributed by atoms with van der Waals surface area (Å²) in [6, 6.07) is -0.112. The molecule has 1 aliphatic rings. The number of carboxylic acid groups (broad SMARTS) is 1. The van der Waals surface area contributed by atoms with Gasteiger partial charge in [-0.05, 0) is 0 Å². The molecule has 20 heavy (non-hydrogen) atoms. The lowest BCUT2D eigenvalue weighted by Gasteiger charge is -2.34. The summed E-state index contributed by atoms with van der Waals surface area (Å²) in [7, 11) is 0. The number of aromatic amines is 1. The van der Waals surface area contributed by atoms with Crippen LogP contribution in [0.1, 0.15) is 12.2 Å². The van der Waals surface area contributed by atoms with Crippen molar-refractivity contribution in [2.45, 2.75) is 13.0 Å². The van der Waals surface area contributed by atoms with Crippen molar-refractivity contribution < 1.29 is 14.7 Å². The fourth-order valence-electron chi connectivity index (χ4n) is 2.09. The van der Waals surface area contributed by atoms with E-state index in [0.29, 0.717) is 39.3 Å². The number of urea groups is 1. The van der Waals surface area contributed by atoms with E-state index in [2.05, 4.69) is 20.2 Å². The minimum Gasteiger partial charge on any atom is -0.481 e. The molecule has 0 bridgehead atoms. The molecule has 0 radical (unpaired) electrons. The average Bonchev–Trinajstić information content (AvgIpc) is 2.96. The minimum atomic E-state index is -0.788. The van der Waals surface area contributed by atoms with E-state index in [1.165, 1.54) is 0 Å². The van der Waals surface area contributed by atoms with Crippen LogP contribution in [0, 0.1) is 0 Å². The third-order valence-electron chi connectivity index (χ3n) is 3.26. The maximum Gasteiger partial charge on any atom is 0.317 e. The van der Waals surface area contributed by atoms with Crippen LogP contribution in [0.25, 0.3) is 0 Å². The summed E-state index contributed by atoms with van der Waals surface area (Å²) in [5.74, 6) is -0.0675. The molecule has 1 saturated heterocycles. The zero-order chi connectivity index (χ0) is 14.4. The molecule has 8 heteroatoms. The molecule has 1 aromatic heterocycles. The van der Waals surface area contributed by atoms with Gasteiger partial charge in [0.1, 0.15) is 5.82 Å². The number of hydrogen-bond donors (Lipinski definition) is 3. The Morgan fingerprint density at radius 2 is 2.10 bits per heavy atom. The molecule has 1 fully saturated rings. The Hall–Kier alpha value is -2.09. The monoisotopic (exact) mass is 281 g/mol. The van der Waals surface area contributed by atoms with Crippen molar-refractivity contribution >= 4 is 12.0 Å². The van der Waals surface area contributed by atoms with Gasteiger partial charge in [-0.3, -0.25) is 9.69 Å². The predicted octanol–water partition coefficient (Wildman–Crippen LogP) is -0.288. The fourth-order valence-corrected chi connectivity index (χ4v) is 2.09. The quantitative estimate of drug-likeness (QED) is 0.688. The lowest BCUT2D eigenvalue weighted by atomic mass is 10.3. The topological polar surface area (TPSA) is 102 Å². The van der Waals surface area contributed by atoms with Crippen LogP contribution < -0.4 is 5.32 Å². The van der Waals surface area contributed by atoms with Gasteiger partial charge in [-0.1, -0.05) is 0 Å². The first kappa shape index (κ1) is 14.3. The molecule has 1 aromatic rings. The molecule has 0 unspecified atom stereocenters. The number of imidazole rings is 1. The molecule has 8 nitrogen and oxygen atoms in total. The number of carboxylic acids is 1. The molecule has 0 spiro atoms. The van der Waals surface area contributed by atoms with Crippen molar-refractivity contribution in [3.8, 4) is 0 Å². The molecule has 1 aliphatic heterocycles. The van der Waals surface area contributed by atoms with Crippen LogP contribution in [0.3, 0.4) is 0 Å². The van der Waals surface area contributed by atoms with E-state index < -0.39 is 5.97 Å². The van der Waals surface area contributed by atoms with E-state index in [1.807, 2.05) is 0 Å². The van der Waals surface area contributed by atoms with Crippen molar-refractivity contribution in [1.29, 1.82) is 0 Å². The van der Waals surface area contributed by atoms with Crippen molar-refractivity contribution in [2.75, 3.05) is 32.7 Å². The Balaban J connectivity index is 1.67. The number of amides is 2. The second kappa shape index (κ2) is 6.90. The molecule has 0 atom stereocenters. The molecule has 0 aromatic carbocycles. The summed E-state index contributed by atoms with van der Waals surface area (Å²) < 4.78 is 0. The molecular formula is C12H19N5O3. The van der Waals surface area contributed by atoms with Crippen molar-refractivity contribution in [3.05, 3.63) is 18.2 Å². The van der Waals surface area contributed by atoms with Gasteiger partial charge in [0.15, 0.2) is 0 Å². The third kappa shape index (κ3) is 4.23. The average molecular weight is 281 g/mol. The summed E-state index contributed by atoms with van der Waals surface area (Å²) in [5.41, 5.74) is 0. The maximum absolute atomic E-state index is 11.9. The first-order valence-corrected chi connectivity index (χ1v) is 6.60. The van der Waals surface area contributed by atoms with Crippen LogP contribution in [0.15, 0.2) is 12.4 Å². The smallest absolute Gasteiger partial charge is 0.317 e. The lowest BCUT2D eigenvalue weighted by Crippen LogP contribution is -2.51. The van der Waals surface area contributed by atoms with Crippen LogP contribution in [0.4, 0.5) is 4.79 Å². The zero-order valence-corrected chi connectivity index (χ0v) is 11.2. The number of aliphatic carboxylic acids is 1. The number of H-pyrrole nitrogens is 1. The van der Waals surface area contributed by atoms with Gasteiger partial charge >= 0.3 is 12.0 Å². The standard InChI is InChI=1S/C12H19N5O3/c18-11(19)1-4-16-5-7-17(8-6-16)12(20)15-9-10-13-2-3-14-10/h2-3H,1,4-9H2,(H,13,14)(H,15,20)(H,18,19). The Morgan fingerprint density at radius 3 is 2.70 bits per heavy atom. The third-order valence-corrected chi connectivity index (χ3v) is 3.26. The molecule has 110 valence electrons. The fraction of sp³-hybridized carbons (Fsp3) is 0.583. The first-order valence-electron chi connectivity index (χ1n) is 6.60.